The number of sulfonamides is 1. The molecule has 1 saturated heterocycles. The summed E-state index contributed by atoms with van der Waals surface area (Å²) in [4.78, 5) is 12.6. The molecule has 3 N–H and O–H groups in total. The third-order valence-corrected chi connectivity index (χ3v) is 6.23. The first-order valence-corrected chi connectivity index (χ1v) is 10.4. The Labute approximate surface area is 155 Å². The van der Waals surface area contributed by atoms with Crippen molar-refractivity contribution in [3.05, 3.63) is 29.8 Å². The molecule has 1 amide bonds. The summed E-state index contributed by atoms with van der Waals surface area (Å²) in [5.74, 6) is -0.209. The van der Waals surface area contributed by atoms with Crippen LogP contribution in [0.2, 0.25) is 0 Å². The van der Waals surface area contributed by atoms with Crippen LogP contribution in [0.25, 0.3) is 0 Å². The lowest BCUT2D eigenvalue weighted by atomic mass is 9.79. The summed E-state index contributed by atoms with van der Waals surface area (Å²) >= 11 is 0. The molecule has 1 heterocycles. The van der Waals surface area contributed by atoms with E-state index in [1.54, 1.807) is 21.0 Å². The van der Waals surface area contributed by atoms with Crippen LogP contribution < -0.4 is 15.4 Å². The summed E-state index contributed by atoms with van der Waals surface area (Å²) in [5, 5.41) is 6.29. The number of hydrogen-bond acceptors (Lipinski definition) is 5. The van der Waals surface area contributed by atoms with E-state index in [0.29, 0.717) is 18.7 Å². The minimum absolute atomic E-state index is 0.0554. The van der Waals surface area contributed by atoms with Crippen LogP contribution in [-0.2, 0) is 14.8 Å². The number of methoxy groups -OCH3 is 1. The number of nitrogens with one attached hydrogen (secondary N) is 3. The van der Waals surface area contributed by atoms with Gasteiger partial charge in [0.05, 0.1) is 11.5 Å². The standard InChI is InChI=1S/C18H29N3O4S/c1-14(2)21-26(23,24)16-6-4-15(5-7-16)17(22)20-12-18(13-25-3)8-10-19-11-9-18/h4-7,14,19,21H,8-13H2,1-3H3,(H,20,22). The van der Waals surface area contributed by atoms with Crippen molar-refractivity contribution in [3.63, 3.8) is 0 Å². The van der Waals surface area contributed by atoms with E-state index >= 15 is 0 Å². The number of amides is 1. The molecule has 0 unspecified atom stereocenters. The summed E-state index contributed by atoms with van der Waals surface area (Å²) in [7, 11) is -1.88. The second-order valence-electron chi connectivity index (χ2n) is 7.17. The minimum atomic E-state index is -3.55. The van der Waals surface area contributed by atoms with Gasteiger partial charge in [0.2, 0.25) is 10.0 Å². The minimum Gasteiger partial charge on any atom is -0.384 e. The van der Waals surface area contributed by atoms with Gasteiger partial charge in [-0.05, 0) is 64.0 Å². The number of carbonyl (C=O) groups is 1. The predicted molar refractivity (Wildman–Crippen MR) is 101 cm³/mol. The second kappa shape index (κ2) is 8.94. The fourth-order valence-corrected chi connectivity index (χ4v) is 4.42. The summed E-state index contributed by atoms with van der Waals surface area (Å²) < 4.78 is 32.2. The van der Waals surface area contributed by atoms with Crippen LogP contribution in [0.5, 0.6) is 0 Å². The molecule has 146 valence electrons. The topological polar surface area (TPSA) is 96.5 Å². The average Bonchev–Trinajstić information content (AvgIpc) is 2.60. The molecule has 0 radical (unpaired) electrons. The van der Waals surface area contributed by atoms with E-state index in [1.165, 1.54) is 24.3 Å². The maximum absolute atomic E-state index is 12.4. The van der Waals surface area contributed by atoms with Gasteiger partial charge in [0.15, 0.2) is 0 Å². The number of benzene rings is 1. The molecule has 0 atom stereocenters. The quantitative estimate of drug-likeness (QED) is 0.625. The first-order valence-electron chi connectivity index (χ1n) is 8.88. The van der Waals surface area contributed by atoms with Gasteiger partial charge in [0.25, 0.3) is 5.91 Å². The average molecular weight is 384 g/mol. The molecular formula is C18H29N3O4S. The number of rotatable bonds is 8. The lowest BCUT2D eigenvalue weighted by molar-refractivity contribution is 0.0511. The summed E-state index contributed by atoms with van der Waals surface area (Å²) in [6.45, 7) is 6.48. The maximum Gasteiger partial charge on any atom is 0.251 e. The second-order valence-corrected chi connectivity index (χ2v) is 8.88. The van der Waals surface area contributed by atoms with Crippen molar-refractivity contribution >= 4 is 15.9 Å². The highest BCUT2D eigenvalue weighted by Crippen LogP contribution is 2.28. The molecular weight excluding hydrogens is 354 g/mol. The van der Waals surface area contributed by atoms with Crippen molar-refractivity contribution in [2.24, 2.45) is 5.41 Å². The fourth-order valence-electron chi connectivity index (χ4n) is 3.17. The van der Waals surface area contributed by atoms with Crippen LogP contribution in [-0.4, -0.2) is 53.7 Å². The third kappa shape index (κ3) is 5.51. The zero-order chi connectivity index (χ0) is 19.2. The van der Waals surface area contributed by atoms with E-state index in [9.17, 15) is 13.2 Å². The molecule has 0 aromatic heterocycles. The van der Waals surface area contributed by atoms with Crippen LogP contribution in [0.1, 0.15) is 37.0 Å². The van der Waals surface area contributed by atoms with Crippen LogP contribution in [0.15, 0.2) is 29.2 Å². The largest absolute Gasteiger partial charge is 0.384 e. The van der Waals surface area contributed by atoms with Crippen molar-refractivity contribution < 1.29 is 17.9 Å². The Bertz CT molecular complexity index is 690. The molecule has 1 aromatic carbocycles. The SMILES string of the molecule is COCC1(CNC(=O)c2ccc(S(=O)(=O)NC(C)C)cc2)CCNCC1. The Balaban J connectivity index is 2.01. The normalized spacial score (nSPS) is 17.2. The Kier molecular flexibility index (Phi) is 7.16. The van der Waals surface area contributed by atoms with E-state index in [0.717, 1.165) is 25.9 Å². The molecule has 1 aromatic rings. The van der Waals surface area contributed by atoms with E-state index in [-0.39, 0.29) is 22.3 Å². The third-order valence-electron chi connectivity index (χ3n) is 4.56. The molecule has 26 heavy (non-hydrogen) atoms. The maximum atomic E-state index is 12.4. The summed E-state index contributed by atoms with van der Waals surface area (Å²) in [6, 6.07) is 5.79. The molecule has 1 fully saturated rings. The highest BCUT2D eigenvalue weighted by atomic mass is 32.2. The molecule has 0 aliphatic carbocycles. The van der Waals surface area contributed by atoms with Gasteiger partial charge in [0, 0.05) is 30.7 Å². The monoisotopic (exact) mass is 383 g/mol. The van der Waals surface area contributed by atoms with Crippen molar-refractivity contribution in [2.45, 2.75) is 37.6 Å². The van der Waals surface area contributed by atoms with Crippen LogP contribution in [0, 0.1) is 5.41 Å². The molecule has 7 nitrogen and oxygen atoms in total. The highest BCUT2D eigenvalue weighted by Gasteiger charge is 2.32. The van der Waals surface area contributed by atoms with Crippen molar-refractivity contribution in [1.29, 1.82) is 0 Å². The van der Waals surface area contributed by atoms with Crippen molar-refractivity contribution in [2.75, 3.05) is 33.4 Å². The Morgan fingerprint density at radius 3 is 2.38 bits per heavy atom. The predicted octanol–water partition coefficient (Wildman–Crippen LogP) is 1.12. The zero-order valence-corrected chi connectivity index (χ0v) is 16.5. The van der Waals surface area contributed by atoms with Crippen LogP contribution in [0.3, 0.4) is 0 Å². The number of hydrogen-bond donors (Lipinski definition) is 3. The van der Waals surface area contributed by atoms with Gasteiger partial charge in [-0.2, -0.15) is 0 Å². The summed E-state index contributed by atoms with van der Waals surface area (Å²) in [6.07, 6.45) is 1.89. The first-order chi connectivity index (χ1) is 12.3. The van der Waals surface area contributed by atoms with Gasteiger partial charge < -0.3 is 15.4 Å². The van der Waals surface area contributed by atoms with Gasteiger partial charge >= 0.3 is 0 Å². The number of carbonyl (C=O) groups excluding carboxylic acids is 1. The van der Waals surface area contributed by atoms with Gasteiger partial charge in [-0.25, -0.2) is 13.1 Å². The molecule has 0 spiro atoms. The molecule has 2 rings (SSSR count). The van der Waals surface area contributed by atoms with E-state index < -0.39 is 10.0 Å². The molecule has 0 saturated carbocycles. The van der Waals surface area contributed by atoms with Gasteiger partial charge in [-0.3, -0.25) is 4.79 Å². The van der Waals surface area contributed by atoms with Crippen LogP contribution >= 0.6 is 0 Å². The first kappa shape index (κ1) is 20.8. The summed E-state index contributed by atoms with van der Waals surface area (Å²) in [5.41, 5.74) is 0.384. The van der Waals surface area contributed by atoms with Crippen LogP contribution in [0.4, 0.5) is 0 Å². The fraction of sp³-hybridized carbons (Fsp3) is 0.611. The van der Waals surface area contributed by atoms with Gasteiger partial charge in [0.1, 0.15) is 0 Å². The lowest BCUT2D eigenvalue weighted by Crippen LogP contribution is -2.47. The smallest absolute Gasteiger partial charge is 0.251 e. The lowest BCUT2D eigenvalue weighted by Gasteiger charge is -2.37. The van der Waals surface area contributed by atoms with E-state index in [2.05, 4.69) is 15.4 Å². The molecule has 1 aliphatic heterocycles. The highest BCUT2D eigenvalue weighted by molar-refractivity contribution is 7.89. The zero-order valence-electron chi connectivity index (χ0n) is 15.7. The van der Waals surface area contributed by atoms with Crippen molar-refractivity contribution in [3.8, 4) is 0 Å². The van der Waals surface area contributed by atoms with Gasteiger partial charge in [-0.15, -0.1) is 0 Å². The molecule has 8 heteroatoms. The van der Waals surface area contributed by atoms with Gasteiger partial charge in [-0.1, -0.05) is 0 Å². The molecule has 1 aliphatic rings. The van der Waals surface area contributed by atoms with E-state index in [4.69, 9.17) is 4.74 Å². The Hall–Kier alpha value is -1.48. The molecule has 0 bridgehead atoms. The number of ether oxygens (including phenoxy) is 1. The Morgan fingerprint density at radius 1 is 1.23 bits per heavy atom. The van der Waals surface area contributed by atoms with E-state index in [1.807, 2.05) is 0 Å². The van der Waals surface area contributed by atoms with Crippen molar-refractivity contribution in [1.82, 2.24) is 15.4 Å². The Morgan fingerprint density at radius 2 is 1.85 bits per heavy atom. The number of piperidine rings is 1.